The lowest BCUT2D eigenvalue weighted by Gasteiger charge is -2.08. The molecule has 150 valence electrons. The third-order valence-corrected chi connectivity index (χ3v) is 4.71. The topological polar surface area (TPSA) is 90.9 Å². The average Bonchev–Trinajstić information content (AvgIpc) is 2.96. The van der Waals surface area contributed by atoms with E-state index in [9.17, 15) is 14.4 Å². The van der Waals surface area contributed by atoms with Gasteiger partial charge >= 0.3 is 11.9 Å². The molecule has 1 heterocycles. The Balaban J connectivity index is 2.21. The smallest absolute Gasteiger partial charge is 0.348 e. The Morgan fingerprint density at radius 2 is 1.79 bits per heavy atom. The zero-order valence-electron chi connectivity index (χ0n) is 16.2. The summed E-state index contributed by atoms with van der Waals surface area (Å²) in [6, 6.07) is 8.88. The summed E-state index contributed by atoms with van der Waals surface area (Å²) in [4.78, 5) is 37.2. The number of hydrogen-bond donors (Lipinski definition) is 1. The minimum absolute atomic E-state index is 0.149. The van der Waals surface area contributed by atoms with Crippen LogP contribution in [0.3, 0.4) is 0 Å². The zero-order valence-corrected chi connectivity index (χ0v) is 17.1. The number of para-hydroxylation sites is 1. The number of thiophene rings is 1. The lowest BCUT2D eigenvalue weighted by atomic mass is 10.1. The fraction of sp³-hybridized carbons (Fsp3) is 0.350. The third-order valence-electron chi connectivity index (χ3n) is 3.52. The minimum Gasteiger partial charge on any atom is -0.484 e. The zero-order chi connectivity index (χ0) is 20.7. The molecule has 0 saturated heterocycles. The average molecular weight is 405 g/mol. The van der Waals surface area contributed by atoms with Crippen LogP contribution >= 0.6 is 11.3 Å². The quantitative estimate of drug-likeness (QED) is 0.672. The van der Waals surface area contributed by atoms with Gasteiger partial charge in [-0.1, -0.05) is 18.2 Å². The Hall–Kier alpha value is -2.87. The van der Waals surface area contributed by atoms with Gasteiger partial charge < -0.3 is 19.5 Å². The first-order valence-corrected chi connectivity index (χ1v) is 9.64. The maximum absolute atomic E-state index is 12.4. The number of nitrogens with one attached hydrogen (secondary N) is 1. The van der Waals surface area contributed by atoms with Crippen molar-refractivity contribution < 1.29 is 28.6 Å². The molecule has 0 aliphatic rings. The predicted octanol–water partition coefficient (Wildman–Crippen LogP) is 3.82. The summed E-state index contributed by atoms with van der Waals surface area (Å²) in [5.41, 5.74) is 0.559. The van der Waals surface area contributed by atoms with E-state index < -0.39 is 17.8 Å². The van der Waals surface area contributed by atoms with E-state index in [2.05, 4.69) is 5.32 Å². The molecule has 8 heteroatoms. The van der Waals surface area contributed by atoms with Gasteiger partial charge in [-0.3, -0.25) is 4.79 Å². The largest absolute Gasteiger partial charge is 0.484 e. The molecule has 0 bridgehead atoms. The van der Waals surface area contributed by atoms with E-state index >= 15 is 0 Å². The second-order valence-corrected chi connectivity index (χ2v) is 7.11. The fourth-order valence-corrected chi connectivity index (χ4v) is 3.44. The van der Waals surface area contributed by atoms with Crippen molar-refractivity contribution in [2.45, 2.75) is 33.8 Å². The van der Waals surface area contributed by atoms with Crippen LogP contribution in [0.4, 0.5) is 5.00 Å². The summed E-state index contributed by atoms with van der Waals surface area (Å²) in [7, 11) is 0. The van der Waals surface area contributed by atoms with Crippen LogP contribution in [0.15, 0.2) is 30.3 Å². The van der Waals surface area contributed by atoms with E-state index in [0.717, 1.165) is 11.3 Å². The highest BCUT2D eigenvalue weighted by molar-refractivity contribution is 7.18. The van der Waals surface area contributed by atoms with E-state index in [0.29, 0.717) is 11.3 Å². The Labute approximate surface area is 167 Å². The highest BCUT2D eigenvalue weighted by Gasteiger charge is 2.27. The van der Waals surface area contributed by atoms with Crippen LogP contribution in [-0.4, -0.2) is 37.2 Å². The van der Waals surface area contributed by atoms with Crippen molar-refractivity contribution in [2.24, 2.45) is 0 Å². The summed E-state index contributed by atoms with van der Waals surface area (Å²) < 4.78 is 15.7. The Kier molecular flexibility index (Phi) is 7.57. The maximum atomic E-state index is 12.4. The van der Waals surface area contributed by atoms with Gasteiger partial charge in [0.2, 0.25) is 0 Å². The number of rotatable bonds is 8. The molecule has 1 N–H and O–H groups in total. The van der Waals surface area contributed by atoms with Gasteiger partial charge in [-0.15, -0.1) is 11.3 Å². The molecule has 1 amide bonds. The number of esters is 2. The number of hydrogen-bond acceptors (Lipinski definition) is 7. The van der Waals surface area contributed by atoms with Crippen molar-refractivity contribution in [1.29, 1.82) is 0 Å². The van der Waals surface area contributed by atoms with E-state index in [1.165, 1.54) is 0 Å². The molecule has 0 radical (unpaired) electrons. The Morgan fingerprint density at radius 1 is 1.11 bits per heavy atom. The SMILES string of the molecule is CCOC(=O)c1c(NC(=O)COc2ccccc2)sc(C(=O)OC(C)C)c1C. The van der Waals surface area contributed by atoms with E-state index in [-0.39, 0.29) is 34.8 Å². The van der Waals surface area contributed by atoms with Crippen molar-refractivity contribution in [3.8, 4) is 5.75 Å². The van der Waals surface area contributed by atoms with Gasteiger partial charge in [-0.05, 0) is 45.4 Å². The van der Waals surface area contributed by atoms with Crippen molar-refractivity contribution in [1.82, 2.24) is 0 Å². The molecule has 1 aromatic heterocycles. The van der Waals surface area contributed by atoms with Gasteiger partial charge in [-0.25, -0.2) is 9.59 Å². The first-order valence-electron chi connectivity index (χ1n) is 8.82. The molecule has 2 aromatic rings. The van der Waals surface area contributed by atoms with Gasteiger partial charge in [0.1, 0.15) is 15.6 Å². The second kappa shape index (κ2) is 9.89. The Bertz CT molecular complexity index is 844. The number of benzene rings is 1. The molecule has 0 unspecified atom stereocenters. The van der Waals surface area contributed by atoms with Crippen LogP contribution in [0.5, 0.6) is 5.75 Å². The van der Waals surface area contributed by atoms with Crippen LogP contribution in [0.2, 0.25) is 0 Å². The minimum atomic E-state index is -0.612. The molecule has 1 aromatic carbocycles. The molecule has 0 spiro atoms. The van der Waals surface area contributed by atoms with Crippen molar-refractivity contribution in [3.63, 3.8) is 0 Å². The fourth-order valence-electron chi connectivity index (χ4n) is 2.34. The number of carbonyl (C=O) groups excluding carboxylic acids is 3. The van der Waals surface area contributed by atoms with E-state index in [1.807, 2.05) is 6.07 Å². The van der Waals surface area contributed by atoms with Crippen LogP contribution in [-0.2, 0) is 14.3 Å². The standard InChI is InChI=1S/C20H23NO6S/c1-5-25-19(23)16-13(4)17(20(24)27-12(2)3)28-18(16)21-15(22)11-26-14-9-7-6-8-10-14/h6-10,12H,5,11H2,1-4H3,(H,21,22). The highest BCUT2D eigenvalue weighted by Crippen LogP contribution is 2.34. The first-order chi connectivity index (χ1) is 13.3. The second-order valence-electron chi connectivity index (χ2n) is 6.08. The highest BCUT2D eigenvalue weighted by atomic mass is 32.1. The Morgan fingerprint density at radius 3 is 2.39 bits per heavy atom. The normalized spacial score (nSPS) is 10.5. The lowest BCUT2D eigenvalue weighted by molar-refractivity contribution is -0.118. The predicted molar refractivity (Wildman–Crippen MR) is 106 cm³/mol. The third kappa shape index (κ3) is 5.56. The molecule has 0 atom stereocenters. The molecule has 7 nitrogen and oxygen atoms in total. The number of anilines is 1. The van der Waals surface area contributed by atoms with Gasteiger partial charge in [0.15, 0.2) is 6.61 Å². The summed E-state index contributed by atoms with van der Waals surface area (Å²) in [6.07, 6.45) is -0.308. The summed E-state index contributed by atoms with van der Waals surface area (Å²) in [6.45, 7) is 6.70. The molecule has 0 saturated carbocycles. The van der Waals surface area contributed by atoms with E-state index in [4.69, 9.17) is 14.2 Å². The maximum Gasteiger partial charge on any atom is 0.348 e. The van der Waals surface area contributed by atoms with E-state index in [1.54, 1.807) is 52.0 Å². The first kappa shape index (κ1) is 21.4. The summed E-state index contributed by atoms with van der Waals surface area (Å²) >= 11 is 0.978. The van der Waals surface area contributed by atoms with Crippen LogP contribution in [0.1, 0.15) is 46.4 Å². The van der Waals surface area contributed by atoms with Crippen LogP contribution < -0.4 is 10.1 Å². The molecular formula is C20H23NO6S. The molecule has 0 fully saturated rings. The van der Waals surface area contributed by atoms with Gasteiger partial charge in [-0.2, -0.15) is 0 Å². The van der Waals surface area contributed by atoms with Gasteiger partial charge in [0.25, 0.3) is 5.91 Å². The van der Waals surface area contributed by atoms with Crippen LogP contribution in [0, 0.1) is 6.92 Å². The lowest BCUT2D eigenvalue weighted by Crippen LogP contribution is -2.21. The van der Waals surface area contributed by atoms with Gasteiger partial charge in [0, 0.05) is 0 Å². The number of amides is 1. The molecular weight excluding hydrogens is 382 g/mol. The molecule has 0 aliphatic carbocycles. The van der Waals surface area contributed by atoms with Crippen molar-refractivity contribution in [2.75, 3.05) is 18.5 Å². The monoisotopic (exact) mass is 405 g/mol. The molecule has 28 heavy (non-hydrogen) atoms. The molecule has 2 rings (SSSR count). The number of ether oxygens (including phenoxy) is 3. The van der Waals surface area contributed by atoms with Crippen molar-refractivity contribution in [3.05, 3.63) is 46.3 Å². The molecule has 0 aliphatic heterocycles. The summed E-state index contributed by atoms with van der Waals surface area (Å²) in [5, 5.41) is 2.87. The van der Waals surface area contributed by atoms with Crippen molar-refractivity contribution >= 4 is 34.2 Å². The van der Waals surface area contributed by atoms with Crippen LogP contribution in [0.25, 0.3) is 0 Å². The van der Waals surface area contributed by atoms with Gasteiger partial charge in [0.05, 0.1) is 18.3 Å². The summed E-state index contributed by atoms with van der Waals surface area (Å²) in [5.74, 6) is -1.07. The number of carbonyl (C=O) groups is 3.